The van der Waals surface area contributed by atoms with Gasteiger partial charge >= 0.3 is 0 Å². The SMILES string of the molecule is Cc1ccccc1C(=O)N1CCc2ccccc2C1C(C)C. The molecule has 1 atom stereocenters. The van der Waals surface area contributed by atoms with E-state index >= 15 is 0 Å². The molecule has 1 aliphatic rings. The van der Waals surface area contributed by atoms with Crippen LogP contribution in [0.15, 0.2) is 48.5 Å². The quantitative estimate of drug-likeness (QED) is 0.804. The minimum atomic E-state index is 0.159. The lowest BCUT2D eigenvalue weighted by atomic mass is 9.85. The van der Waals surface area contributed by atoms with Crippen molar-refractivity contribution in [2.45, 2.75) is 33.2 Å². The van der Waals surface area contributed by atoms with Crippen LogP contribution in [0.25, 0.3) is 0 Å². The van der Waals surface area contributed by atoms with E-state index in [-0.39, 0.29) is 11.9 Å². The van der Waals surface area contributed by atoms with Crippen molar-refractivity contribution < 1.29 is 4.79 Å². The Morgan fingerprint density at radius 3 is 2.50 bits per heavy atom. The van der Waals surface area contributed by atoms with Crippen molar-refractivity contribution in [3.05, 3.63) is 70.8 Å². The standard InChI is InChI=1S/C20H23NO/c1-14(2)19-18-11-7-5-9-16(18)12-13-21(19)20(22)17-10-6-4-8-15(17)3/h4-11,14,19H,12-13H2,1-3H3. The van der Waals surface area contributed by atoms with Crippen LogP contribution >= 0.6 is 0 Å². The molecule has 1 unspecified atom stereocenters. The Labute approximate surface area is 132 Å². The molecule has 0 aliphatic carbocycles. The number of fused-ring (bicyclic) bond motifs is 1. The van der Waals surface area contributed by atoms with E-state index in [2.05, 4.69) is 43.0 Å². The second-order valence-corrected chi connectivity index (χ2v) is 6.45. The first kappa shape index (κ1) is 14.8. The molecular weight excluding hydrogens is 270 g/mol. The third-order valence-electron chi connectivity index (χ3n) is 4.60. The van der Waals surface area contributed by atoms with Crippen molar-refractivity contribution in [2.75, 3.05) is 6.54 Å². The molecule has 2 aromatic rings. The van der Waals surface area contributed by atoms with Gasteiger partial charge in [-0.15, -0.1) is 0 Å². The normalized spacial score (nSPS) is 17.5. The molecule has 0 saturated heterocycles. The molecule has 22 heavy (non-hydrogen) atoms. The predicted molar refractivity (Wildman–Crippen MR) is 89.9 cm³/mol. The van der Waals surface area contributed by atoms with Gasteiger partial charge in [-0.2, -0.15) is 0 Å². The van der Waals surface area contributed by atoms with E-state index in [1.807, 2.05) is 31.2 Å². The number of nitrogens with zero attached hydrogens (tertiary/aromatic N) is 1. The number of benzene rings is 2. The number of aryl methyl sites for hydroxylation is 1. The maximum absolute atomic E-state index is 13.1. The van der Waals surface area contributed by atoms with E-state index < -0.39 is 0 Å². The van der Waals surface area contributed by atoms with Gasteiger partial charge in [0.1, 0.15) is 0 Å². The zero-order valence-electron chi connectivity index (χ0n) is 13.5. The molecule has 2 aromatic carbocycles. The summed E-state index contributed by atoms with van der Waals surface area (Å²) < 4.78 is 0. The summed E-state index contributed by atoms with van der Waals surface area (Å²) >= 11 is 0. The molecule has 0 bridgehead atoms. The number of hydrogen-bond acceptors (Lipinski definition) is 1. The van der Waals surface area contributed by atoms with Crippen LogP contribution < -0.4 is 0 Å². The fourth-order valence-electron chi connectivity index (χ4n) is 3.51. The Morgan fingerprint density at radius 1 is 1.09 bits per heavy atom. The minimum absolute atomic E-state index is 0.159. The largest absolute Gasteiger partial charge is 0.331 e. The monoisotopic (exact) mass is 293 g/mol. The summed E-state index contributed by atoms with van der Waals surface area (Å²) in [6, 6.07) is 16.6. The molecular formula is C20H23NO. The van der Waals surface area contributed by atoms with Gasteiger partial charge in [0, 0.05) is 12.1 Å². The molecule has 0 radical (unpaired) electrons. The molecule has 0 N–H and O–H groups in total. The average molecular weight is 293 g/mol. The van der Waals surface area contributed by atoms with Gasteiger partial charge in [0.05, 0.1) is 6.04 Å². The minimum Gasteiger partial charge on any atom is -0.331 e. The topological polar surface area (TPSA) is 20.3 Å². The van der Waals surface area contributed by atoms with Crippen molar-refractivity contribution in [3.8, 4) is 0 Å². The van der Waals surface area contributed by atoms with Crippen LogP contribution in [0.3, 0.4) is 0 Å². The number of carbonyl (C=O) groups excluding carboxylic acids is 1. The van der Waals surface area contributed by atoms with Crippen LogP contribution in [0.4, 0.5) is 0 Å². The van der Waals surface area contributed by atoms with Crippen LogP contribution in [-0.4, -0.2) is 17.4 Å². The number of amides is 1. The smallest absolute Gasteiger partial charge is 0.254 e. The van der Waals surface area contributed by atoms with Gasteiger partial charge < -0.3 is 4.90 Å². The molecule has 3 rings (SSSR count). The van der Waals surface area contributed by atoms with Gasteiger partial charge in [-0.3, -0.25) is 4.79 Å². The highest BCUT2D eigenvalue weighted by Crippen LogP contribution is 2.36. The first-order valence-corrected chi connectivity index (χ1v) is 8.04. The number of rotatable bonds is 2. The third kappa shape index (κ3) is 2.54. The fraction of sp³-hybridized carbons (Fsp3) is 0.350. The Balaban J connectivity index is 2.01. The Hall–Kier alpha value is -2.09. The summed E-state index contributed by atoms with van der Waals surface area (Å²) in [4.78, 5) is 15.1. The summed E-state index contributed by atoms with van der Waals surface area (Å²) in [5.74, 6) is 0.556. The first-order valence-electron chi connectivity index (χ1n) is 8.04. The van der Waals surface area contributed by atoms with Crippen LogP contribution in [0.2, 0.25) is 0 Å². The van der Waals surface area contributed by atoms with E-state index in [4.69, 9.17) is 0 Å². The molecule has 2 nitrogen and oxygen atoms in total. The van der Waals surface area contributed by atoms with Crippen LogP contribution in [0.5, 0.6) is 0 Å². The highest BCUT2D eigenvalue weighted by Gasteiger charge is 2.33. The maximum atomic E-state index is 13.1. The maximum Gasteiger partial charge on any atom is 0.254 e. The summed E-state index contributed by atoms with van der Waals surface area (Å²) in [5.41, 5.74) is 4.57. The second-order valence-electron chi connectivity index (χ2n) is 6.45. The number of hydrogen-bond donors (Lipinski definition) is 0. The predicted octanol–water partition coefficient (Wildman–Crippen LogP) is 4.39. The highest BCUT2D eigenvalue weighted by atomic mass is 16.2. The molecule has 0 saturated carbocycles. The first-order chi connectivity index (χ1) is 10.6. The zero-order valence-corrected chi connectivity index (χ0v) is 13.5. The summed E-state index contributed by atoms with van der Waals surface area (Å²) in [6.07, 6.45) is 0.941. The summed E-state index contributed by atoms with van der Waals surface area (Å²) in [5, 5.41) is 0. The molecule has 114 valence electrons. The van der Waals surface area contributed by atoms with Crippen molar-refractivity contribution in [1.29, 1.82) is 0 Å². The van der Waals surface area contributed by atoms with Gasteiger partial charge in [0.25, 0.3) is 5.91 Å². The third-order valence-corrected chi connectivity index (χ3v) is 4.60. The molecule has 1 aliphatic heterocycles. The second kappa shape index (κ2) is 5.96. The lowest BCUT2D eigenvalue weighted by molar-refractivity contribution is 0.0602. The van der Waals surface area contributed by atoms with E-state index in [9.17, 15) is 4.79 Å². The van der Waals surface area contributed by atoms with Crippen LogP contribution in [-0.2, 0) is 6.42 Å². The molecule has 2 heteroatoms. The molecule has 1 amide bonds. The van der Waals surface area contributed by atoms with Gasteiger partial charge in [-0.05, 0) is 42.0 Å². The molecule has 1 heterocycles. The van der Waals surface area contributed by atoms with Crippen LogP contribution in [0, 0.1) is 12.8 Å². The van der Waals surface area contributed by atoms with Crippen molar-refractivity contribution in [2.24, 2.45) is 5.92 Å². The van der Waals surface area contributed by atoms with Gasteiger partial charge in [-0.25, -0.2) is 0 Å². The Bertz CT molecular complexity index is 690. The molecule has 0 aromatic heterocycles. The van der Waals surface area contributed by atoms with Gasteiger partial charge in [0.15, 0.2) is 0 Å². The summed E-state index contributed by atoms with van der Waals surface area (Å²) in [7, 11) is 0. The summed E-state index contributed by atoms with van der Waals surface area (Å²) in [6.45, 7) is 7.21. The number of carbonyl (C=O) groups is 1. The van der Waals surface area contributed by atoms with Gasteiger partial charge in [0.2, 0.25) is 0 Å². The van der Waals surface area contributed by atoms with Gasteiger partial charge in [-0.1, -0.05) is 56.3 Å². The lowest BCUT2D eigenvalue weighted by Crippen LogP contribution is -2.42. The highest BCUT2D eigenvalue weighted by molar-refractivity contribution is 5.96. The van der Waals surface area contributed by atoms with Crippen molar-refractivity contribution >= 4 is 5.91 Å². The van der Waals surface area contributed by atoms with E-state index in [1.54, 1.807) is 0 Å². The zero-order chi connectivity index (χ0) is 15.7. The molecule has 0 fully saturated rings. The fourth-order valence-corrected chi connectivity index (χ4v) is 3.51. The van der Waals surface area contributed by atoms with Crippen molar-refractivity contribution in [3.63, 3.8) is 0 Å². The molecule has 0 spiro atoms. The average Bonchev–Trinajstić information content (AvgIpc) is 2.53. The van der Waals surface area contributed by atoms with E-state index in [0.29, 0.717) is 5.92 Å². The lowest BCUT2D eigenvalue weighted by Gasteiger charge is -2.40. The van der Waals surface area contributed by atoms with Crippen LogP contribution in [0.1, 0.15) is 46.9 Å². The Kier molecular flexibility index (Phi) is 4.02. The van der Waals surface area contributed by atoms with E-state index in [0.717, 1.165) is 24.1 Å². The Morgan fingerprint density at radius 2 is 1.77 bits per heavy atom. The van der Waals surface area contributed by atoms with Crippen molar-refractivity contribution in [1.82, 2.24) is 4.90 Å². The van der Waals surface area contributed by atoms with E-state index in [1.165, 1.54) is 11.1 Å².